The normalized spacial score (nSPS) is 15.9. The second-order valence-electron chi connectivity index (χ2n) is 5.30. The Balaban J connectivity index is 1.69. The van der Waals surface area contributed by atoms with Crippen molar-refractivity contribution >= 4 is 5.91 Å². The van der Waals surface area contributed by atoms with Crippen LogP contribution in [0.5, 0.6) is 0 Å². The molecule has 1 N–H and O–H groups in total. The molecule has 1 saturated heterocycles. The second kappa shape index (κ2) is 6.10. The molecule has 0 spiro atoms. The van der Waals surface area contributed by atoms with E-state index in [1.807, 2.05) is 42.1 Å². The van der Waals surface area contributed by atoms with Crippen LogP contribution in [0.25, 0.3) is 11.4 Å². The largest absolute Gasteiger partial charge is 0.381 e. The number of carbonyl (C=O) groups is 1. The van der Waals surface area contributed by atoms with Gasteiger partial charge in [0.1, 0.15) is 5.82 Å². The highest BCUT2D eigenvalue weighted by atomic mass is 16.5. The number of hydrogen-bond donors (Lipinski definition) is 1. The van der Waals surface area contributed by atoms with E-state index in [0.717, 1.165) is 37.4 Å². The second-order valence-corrected chi connectivity index (χ2v) is 5.30. The van der Waals surface area contributed by atoms with Crippen LogP contribution in [0.2, 0.25) is 0 Å². The van der Waals surface area contributed by atoms with E-state index < -0.39 is 0 Å². The van der Waals surface area contributed by atoms with Gasteiger partial charge in [0.2, 0.25) is 0 Å². The van der Waals surface area contributed by atoms with Gasteiger partial charge in [-0.05, 0) is 25.0 Å². The summed E-state index contributed by atoms with van der Waals surface area (Å²) in [5.74, 6) is 0.875. The minimum Gasteiger partial charge on any atom is -0.381 e. The Labute approximate surface area is 124 Å². The minimum atomic E-state index is -0.0201. The molecule has 0 unspecified atom stereocenters. The van der Waals surface area contributed by atoms with Gasteiger partial charge in [0.05, 0.1) is 0 Å². The zero-order valence-corrected chi connectivity index (χ0v) is 12.1. The van der Waals surface area contributed by atoms with Gasteiger partial charge in [0.15, 0.2) is 0 Å². The predicted molar refractivity (Wildman–Crippen MR) is 80.0 cm³/mol. The molecule has 0 atom stereocenters. The third kappa shape index (κ3) is 3.13. The number of benzene rings is 1. The highest BCUT2D eigenvalue weighted by molar-refractivity contribution is 5.94. The van der Waals surface area contributed by atoms with Crippen molar-refractivity contribution in [2.75, 3.05) is 13.2 Å². The number of hydrogen-bond acceptors (Lipinski definition) is 3. The SMILES string of the molecule is Cn1ccnc1-c1ccc(C(=O)NC2CCOCC2)cc1. The molecule has 5 heteroatoms. The van der Waals surface area contributed by atoms with Gasteiger partial charge < -0.3 is 14.6 Å². The predicted octanol–water partition coefficient (Wildman–Crippen LogP) is 2.00. The Kier molecular flexibility index (Phi) is 4.01. The van der Waals surface area contributed by atoms with Crippen molar-refractivity contribution in [3.63, 3.8) is 0 Å². The average Bonchev–Trinajstić information content (AvgIpc) is 2.94. The smallest absolute Gasteiger partial charge is 0.251 e. The summed E-state index contributed by atoms with van der Waals surface area (Å²) in [7, 11) is 1.95. The highest BCUT2D eigenvalue weighted by Gasteiger charge is 2.17. The number of nitrogens with one attached hydrogen (secondary N) is 1. The lowest BCUT2D eigenvalue weighted by Crippen LogP contribution is -2.38. The zero-order chi connectivity index (χ0) is 14.7. The molecule has 2 aromatic rings. The molecule has 1 aliphatic rings. The molecule has 0 radical (unpaired) electrons. The van der Waals surface area contributed by atoms with E-state index in [1.54, 1.807) is 6.20 Å². The molecule has 1 fully saturated rings. The Morgan fingerprint density at radius 1 is 1.29 bits per heavy atom. The van der Waals surface area contributed by atoms with Gasteiger partial charge in [-0.1, -0.05) is 12.1 Å². The Morgan fingerprint density at radius 2 is 2.00 bits per heavy atom. The minimum absolute atomic E-state index is 0.0201. The quantitative estimate of drug-likeness (QED) is 0.938. The number of aromatic nitrogens is 2. The van der Waals surface area contributed by atoms with Gasteiger partial charge in [0.25, 0.3) is 5.91 Å². The molecular formula is C16H19N3O2. The van der Waals surface area contributed by atoms with E-state index in [1.165, 1.54) is 0 Å². The zero-order valence-electron chi connectivity index (χ0n) is 12.1. The molecule has 2 heterocycles. The van der Waals surface area contributed by atoms with Crippen molar-refractivity contribution < 1.29 is 9.53 Å². The monoisotopic (exact) mass is 285 g/mol. The molecule has 1 aliphatic heterocycles. The van der Waals surface area contributed by atoms with Crippen LogP contribution in [0, 0.1) is 0 Å². The fourth-order valence-electron chi connectivity index (χ4n) is 2.53. The Morgan fingerprint density at radius 3 is 2.62 bits per heavy atom. The van der Waals surface area contributed by atoms with E-state index in [2.05, 4.69) is 10.3 Å². The molecule has 1 amide bonds. The first kappa shape index (κ1) is 13.8. The van der Waals surface area contributed by atoms with Crippen molar-refractivity contribution in [2.45, 2.75) is 18.9 Å². The Hall–Kier alpha value is -2.14. The molecular weight excluding hydrogens is 266 g/mol. The van der Waals surface area contributed by atoms with E-state index in [0.29, 0.717) is 5.56 Å². The summed E-state index contributed by atoms with van der Waals surface area (Å²) in [6.45, 7) is 1.45. The number of rotatable bonds is 3. The molecule has 5 nitrogen and oxygen atoms in total. The lowest BCUT2D eigenvalue weighted by molar-refractivity contribution is 0.0696. The van der Waals surface area contributed by atoms with Gasteiger partial charge in [-0.3, -0.25) is 4.79 Å². The van der Waals surface area contributed by atoms with Crippen molar-refractivity contribution in [1.82, 2.24) is 14.9 Å². The van der Waals surface area contributed by atoms with Gasteiger partial charge >= 0.3 is 0 Å². The molecule has 1 aromatic carbocycles. The number of carbonyl (C=O) groups excluding carboxylic acids is 1. The van der Waals surface area contributed by atoms with Gasteiger partial charge in [-0.2, -0.15) is 0 Å². The van der Waals surface area contributed by atoms with Crippen LogP contribution in [0.15, 0.2) is 36.7 Å². The molecule has 110 valence electrons. The van der Waals surface area contributed by atoms with Crippen molar-refractivity contribution in [1.29, 1.82) is 0 Å². The maximum absolute atomic E-state index is 12.2. The van der Waals surface area contributed by atoms with Crippen LogP contribution in [0.4, 0.5) is 0 Å². The number of ether oxygens (including phenoxy) is 1. The van der Waals surface area contributed by atoms with E-state index in [-0.39, 0.29) is 11.9 Å². The number of nitrogens with zero attached hydrogens (tertiary/aromatic N) is 2. The van der Waals surface area contributed by atoms with E-state index >= 15 is 0 Å². The Bertz CT molecular complexity index is 613. The van der Waals surface area contributed by atoms with Crippen molar-refractivity contribution in [2.24, 2.45) is 7.05 Å². The number of imidazole rings is 1. The summed E-state index contributed by atoms with van der Waals surface area (Å²) in [4.78, 5) is 16.5. The van der Waals surface area contributed by atoms with Crippen LogP contribution < -0.4 is 5.32 Å². The van der Waals surface area contributed by atoms with Crippen LogP contribution >= 0.6 is 0 Å². The van der Waals surface area contributed by atoms with Crippen LogP contribution in [0.1, 0.15) is 23.2 Å². The highest BCUT2D eigenvalue weighted by Crippen LogP contribution is 2.17. The lowest BCUT2D eigenvalue weighted by atomic mass is 10.1. The summed E-state index contributed by atoms with van der Waals surface area (Å²) < 4.78 is 7.25. The molecule has 0 bridgehead atoms. The van der Waals surface area contributed by atoms with E-state index in [4.69, 9.17) is 4.74 Å². The summed E-state index contributed by atoms with van der Waals surface area (Å²) >= 11 is 0. The first-order chi connectivity index (χ1) is 10.2. The topological polar surface area (TPSA) is 56.2 Å². The summed E-state index contributed by atoms with van der Waals surface area (Å²) in [6, 6.07) is 7.78. The standard InChI is InChI=1S/C16H19N3O2/c1-19-9-8-17-15(19)12-2-4-13(5-3-12)16(20)18-14-6-10-21-11-7-14/h2-5,8-9,14H,6-7,10-11H2,1H3,(H,18,20). The molecule has 1 aromatic heterocycles. The maximum atomic E-state index is 12.2. The third-order valence-electron chi connectivity index (χ3n) is 3.78. The fourth-order valence-corrected chi connectivity index (χ4v) is 2.53. The first-order valence-electron chi connectivity index (χ1n) is 7.20. The summed E-state index contributed by atoms with van der Waals surface area (Å²) in [6.07, 6.45) is 5.44. The average molecular weight is 285 g/mol. The van der Waals surface area contributed by atoms with Crippen molar-refractivity contribution in [3.8, 4) is 11.4 Å². The third-order valence-corrected chi connectivity index (χ3v) is 3.78. The summed E-state index contributed by atoms with van der Waals surface area (Å²) in [5.41, 5.74) is 1.68. The van der Waals surface area contributed by atoms with Crippen LogP contribution in [-0.4, -0.2) is 34.7 Å². The maximum Gasteiger partial charge on any atom is 0.251 e. The fraction of sp³-hybridized carbons (Fsp3) is 0.375. The van der Waals surface area contributed by atoms with Crippen LogP contribution in [0.3, 0.4) is 0 Å². The molecule has 0 saturated carbocycles. The molecule has 3 rings (SSSR count). The van der Waals surface area contributed by atoms with E-state index in [9.17, 15) is 4.79 Å². The van der Waals surface area contributed by atoms with Crippen LogP contribution in [-0.2, 0) is 11.8 Å². The van der Waals surface area contributed by atoms with Gasteiger partial charge in [-0.25, -0.2) is 4.98 Å². The number of aryl methyl sites for hydroxylation is 1. The van der Waals surface area contributed by atoms with Crippen molar-refractivity contribution in [3.05, 3.63) is 42.2 Å². The lowest BCUT2D eigenvalue weighted by Gasteiger charge is -2.23. The molecule has 21 heavy (non-hydrogen) atoms. The van der Waals surface area contributed by atoms with Gasteiger partial charge in [0, 0.05) is 49.8 Å². The van der Waals surface area contributed by atoms with Gasteiger partial charge in [-0.15, -0.1) is 0 Å². The number of amides is 1. The molecule has 0 aliphatic carbocycles. The first-order valence-corrected chi connectivity index (χ1v) is 7.20. The summed E-state index contributed by atoms with van der Waals surface area (Å²) in [5, 5.41) is 3.06.